The van der Waals surface area contributed by atoms with Crippen molar-refractivity contribution in [1.82, 2.24) is 0 Å². The van der Waals surface area contributed by atoms with E-state index < -0.39 is 15.8 Å². The van der Waals surface area contributed by atoms with Crippen LogP contribution >= 0.6 is 0 Å². The number of benzene rings is 1. The molecule has 0 radical (unpaired) electrons. The molecule has 0 bridgehead atoms. The van der Waals surface area contributed by atoms with Crippen molar-refractivity contribution < 1.29 is 18.3 Å². The fourth-order valence-electron chi connectivity index (χ4n) is 2.88. The summed E-state index contributed by atoms with van der Waals surface area (Å²) in [6, 6.07) is 1.36. The lowest BCUT2D eigenvalue weighted by Crippen LogP contribution is -2.32. The number of hydrogen-bond acceptors (Lipinski definition) is 5. The molecule has 1 saturated heterocycles. The van der Waals surface area contributed by atoms with Crippen LogP contribution in [0.5, 0.6) is 0 Å². The lowest BCUT2D eigenvalue weighted by atomic mass is 10.0. The van der Waals surface area contributed by atoms with Crippen LogP contribution in [-0.4, -0.2) is 38.8 Å². The smallest absolute Gasteiger partial charge is 0.336 e. The Kier molecular flexibility index (Phi) is 4.13. The summed E-state index contributed by atoms with van der Waals surface area (Å²) in [7, 11) is -3.58. The van der Waals surface area contributed by atoms with E-state index in [0.29, 0.717) is 5.69 Å². The number of nitrogen functional groups attached to an aromatic ring is 1. The van der Waals surface area contributed by atoms with E-state index in [1.165, 1.54) is 13.0 Å². The van der Waals surface area contributed by atoms with E-state index in [0.717, 1.165) is 38.6 Å². The van der Waals surface area contributed by atoms with Crippen molar-refractivity contribution in [3.05, 3.63) is 17.2 Å². The summed E-state index contributed by atoms with van der Waals surface area (Å²) in [6.45, 7) is 2.99. The molecule has 7 heteroatoms. The molecule has 0 unspecified atom stereocenters. The van der Waals surface area contributed by atoms with Crippen LogP contribution in [0, 0.1) is 6.92 Å². The Bertz CT molecular complexity index is 677. The zero-order valence-corrected chi connectivity index (χ0v) is 13.0. The maximum Gasteiger partial charge on any atom is 0.336 e. The van der Waals surface area contributed by atoms with Gasteiger partial charge in [-0.1, -0.05) is 0 Å². The highest BCUT2D eigenvalue weighted by atomic mass is 32.2. The topological polar surface area (TPSA) is 101 Å². The van der Waals surface area contributed by atoms with Gasteiger partial charge in [0.25, 0.3) is 0 Å². The van der Waals surface area contributed by atoms with Crippen LogP contribution in [0.15, 0.2) is 11.0 Å². The van der Waals surface area contributed by atoms with Gasteiger partial charge in [-0.3, -0.25) is 0 Å². The minimum absolute atomic E-state index is 0.0433. The fourth-order valence-corrected chi connectivity index (χ4v) is 4.15. The molecule has 0 aromatic heterocycles. The van der Waals surface area contributed by atoms with Crippen LogP contribution in [0.2, 0.25) is 0 Å². The van der Waals surface area contributed by atoms with Crippen LogP contribution in [-0.2, 0) is 9.84 Å². The number of nitrogens with two attached hydrogens (primary N) is 1. The highest BCUT2D eigenvalue weighted by molar-refractivity contribution is 7.91. The lowest BCUT2D eigenvalue weighted by molar-refractivity contribution is 0.0696. The molecule has 6 nitrogen and oxygen atoms in total. The Morgan fingerprint density at radius 1 is 1.29 bits per heavy atom. The van der Waals surface area contributed by atoms with Gasteiger partial charge >= 0.3 is 5.97 Å². The predicted molar refractivity (Wildman–Crippen MR) is 81.7 cm³/mol. The van der Waals surface area contributed by atoms with Gasteiger partial charge in [0.05, 0.1) is 21.8 Å². The van der Waals surface area contributed by atoms with Crippen LogP contribution in [0.1, 0.15) is 35.2 Å². The molecule has 0 aliphatic carbocycles. The Balaban J connectivity index is 2.74. The van der Waals surface area contributed by atoms with E-state index in [1.807, 2.05) is 4.90 Å². The van der Waals surface area contributed by atoms with Crippen LogP contribution in [0.4, 0.5) is 11.4 Å². The fraction of sp³-hybridized carbons (Fsp3) is 0.500. The third kappa shape index (κ3) is 2.97. The summed E-state index contributed by atoms with van der Waals surface area (Å²) in [6.07, 6.45) is 4.15. The monoisotopic (exact) mass is 312 g/mol. The summed E-state index contributed by atoms with van der Waals surface area (Å²) in [5.74, 6) is -1.17. The second kappa shape index (κ2) is 5.55. The highest BCUT2D eigenvalue weighted by Gasteiger charge is 2.28. The van der Waals surface area contributed by atoms with E-state index in [9.17, 15) is 18.3 Å². The van der Waals surface area contributed by atoms with Crippen molar-refractivity contribution >= 4 is 27.2 Å². The van der Waals surface area contributed by atoms with Crippen molar-refractivity contribution in [1.29, 1.82) is 0 Å². The third-order valence-electron chi connectivity index (χ3n) is 3.81. The van der Waals surface area contributed by atoms with Gasteiger partial charge < -0.3 is 15.7 Å². The number of carbonyl (C=O) groups is 1. The average Bonchev–Trinajstić information content (AvgIpc) is 2.39. The maximum atomic E-state index is 12.2. The molecule has 1 aromatic carbocycles. The van der Waals surface area contributed by atoms with E-state index >= 15 is 0 Å². The van der Waals surface area contributed by atoms with E-state index in [2.05, 4.69) is 0 Å². The Morgan fingerprint density at radius 2 is 1.86 bits per heavy atom. The summed E-state index contributed by atoms with van der Waals surface area (Å²) < 4.78 is 24.3. The largest absolute Gasteiger partial charge is 0.478 e. The number of aromatic carboxylic acids is 1. The molecule has 0 spiro atoms. The maximum absolute atomic E-state index is 12.2. The molecule has 1 aliphatic heterocycles. The second-order valence-corrected chi connectivity index (χ2v) is 7.39. The van der Waals surface area contributed by atoms with E-state index in [4.69, 9.17) is 5.73 Å². The lowest BCUT2D eigenvalue weighted by Gasteiger charge is -2.32. The van der Waals surface area contributed by atoms with Gasteiger partial charge in [0.15, 0.2) is 9.84 Å². The number of carboxylic acids is 1. The first-order valence-electron chi connectivity index (χ1n) is 6.85. The number of nitrogens with zero attached hydrogens (tertiary/aromatic N) is 1. The first-order valence-corrected chi connectivity index (χ1v) is 8.74. The molecule has 3 N–H and O–H groups in total. The number of carboxylic acid groups (broad SMARTS) is 1. The van der Waals surface area contributed by atoms with Crippen molar-refractivity contribution in [2.45, 2.75) is 31.1 Å². The van der Waals surface area contributed by atoms with Gasteiger partial charge in [-0.2, -0.15) is 0 Å². The van der Waals surface area contributed by atoms with E-state index in [1.54, 1.807) is 0 Å². The molecule has 0 atom stereocenters. The van der Waals surface area contributed by atoms with Gasteiger partial charge in [-0.15, -0.1) is 0 Å². The first-order chi connectivity index (χ1) is 9.73. The average molecular weight is 312 g/mol. The first kappa shape index (κ1) is 15.6. The molecule has 116 valence electrons. The quantitative estimate of drug-likeness (QED) is 0.823. The number of piperidine rings is 1. The Morgan fingerprint density at radius 3 is 2.33 bits per heavy atom. The molecule has 21 heavy (non-hydrogen) atoms. The number of rotatable bonds is 3. The van der Waals surface area contributed by atoms with E-state index in [-0.39, 0.29) is 21.7 Å². The van der Waals surface area contributed by atoms with Crippen molar-refractivity contribution in [2.24, 2.45) is 0 Å². The van der Waals surface area contributed by atoms with Gasteiger partial charge in [0, 0.05) is 19.3 Å². The standard InChI is InChI=1S/C14H20N2O4S/c1-9-10(14(17)18)8-11(15)12(13(9)21(2,19)20)16-6-4-3-5-7-16/h8H,3-7,15H2,1-2H3,(H,17,18). The highest BCUT2D eigenvalue weighted by Crippen LogP contribution is 2.37. The van der Waals surface area contributed by atoms with Gasteiger partial charge in [0.1, 0.15) is 0 Å². The summed E-state index contributed by atoms with van der Waals surface area (Å²) in [5, 5.41) is 9.22. The second-order valence-electron chi connectivity index (χ2n) is 5.44. The van der Waals surface area contributed by atoms with Crippen LogP contribution in [0.3, 0.4) is 0 Å². The van der Waals surface area contributed by atoms with Gasteiger partial charge in [-0.05, 0) is 37.8 Å². The third-order valence-corrected chi connectivity index (χ3v) is 5.05. The summed E-state index contributed by atoms with van der Waals surface area (Å²) in [4.78, 5) is 13.3. The molecule has 1 heterocycles. The molecule has 0 saturated carbocycles. The number of hydrogen-bond donors (Lipinski definition) is 2. The number of anilines is 2. The SMILES string of the molecule is Cc1c(C(=O)O)cc(N)c(N2CCCCC2)c1S(C)(=O)=O. The molecule has 2 rings (SSSR count). The molecule has 1 aromatic rings. The number of sulfone groups is 1. The Labute approximate surface area is 124 Å². The summed E-state index contributed by atoms with van der Waals surface area (Å²) >= 11 is 0. The van der Waals surface area contributed by atoms with Gasteiger partial charge in [-0.25, -0.2) is 13.2 Å². The Hall–Kier alpha value is -1.76. The van der Waals surface area contributed by atoms with Crippen LogP contribution < -0.4 is 10.6 Å². The minimum Gasteiger partial charge on any atom is -0.478 e. The van der Waals surface area contributed by atoms with Gasteiger partial charge in [0.2, 0.25) is 0 Å². The normalized spacial score (nSPS) is 16.0. The zero-order valence-electron chi connectivity index (χ0n) is 12.2. The molecular weight excluding hydrogens is 292 g/mol. The van der Waals surface area contributed by atoms with Crippen molar-refractivity contribution in [3.8, 4) is 0 Å². The van der Waals surface area contributed by atoms with Crippen molar-refractivity contribution in [2.75, 3.05) is 30.0 Å². The molecular formula is C14H20N2O4S. The summed E-state index contributed by atoms with van der Waals surface area (Å²) in [5.41, 5.74) is 6.84. The molecule has 1 fully saturated rings. The van der Waals surface area contributed by atoms with Crippen molar-refractivity contribution in [3.63, 3.8) is 0 Å². The molecule has 0 amide bonds. The molecule has 1 aliphatic rings. The minimum atomic E-state index is -3.58. The van der Waals surface area contributed by atoms with Crippen LogP contribution in [0.25, 0.3) is 0 Å². The zero-order chi connectivity index (χ0) is 15.8. The predicted octanol–water partition coefficient (Wildman–Crippen LogP) is 1.67.